The van der Waals surface area contributed by atoms with E-state index in [4.69, 9.17) is 4.74 Å². The van der Waals surface area contributed by atoms with E-state index in [-0.39, 0.29) is 5.56 Å². The molecule has 3 N–H and O–H groups in total. The fourth-order valence-corrected chi connectivity index (χ4v) is 1.87. The lowest BCUT2D eigenvalue weighted by molar-refractivity contribution is -0.385. The third kappa shape index (κ3) is 4.77. The van der Waals surface area contributed by atoms with Crippen LogP contribution in [-0.2, 0) is 9.59 Å². The lowest BCUT2D eigenvalue weighted by atomic mass is 10.2. The Balaban J connectivity index is 1.97. The first-order chi connectivity index (χ1) is 12.4. The van der Waals surface area contributed by atoms with Crippen molar-refractivity contribution in [1.29, 1.82) is 0 Å². The van der Waals surface area contributed by atoms with E-state index in [0.29, 0.717) is 11.4 Å². The molecule has 0 aliphatic carbocycles. The van der Waals surface area contributed by atoms with Crippen LogP contribution in [0, 0.1) is 10.1 Å². The smallest absolute Gasteiger partial charge is 0.329 e. The van der Waals surface area contributed by atoms with Crippen LogP contribution in [0.5, 0.6) is 11.5 Å². The summed E-state index contributed by atoms with van der Waals surface area (Å²) in [4.78, 5) is 33.5. The van der Waals surface area contributed by atoms with Crippen LogP contribution in [0.25, 0.3) is 0 Å². The first-order valence-corrected chi connectivity index (χ1v) is 7.16. The molecule has 134 valence electrons. The van der Waals surface area contributed by atoms with Gasteiger partial charge in [-0.25, -0.2) is 5.43 Å². The monoisotopic (exact) mass is 358 g/mol. The minimum absolute atomic E-state index is 0.253. The number of phenols is 1. The molecule has 0 aromatic heterocycles. The van der Waals surface area contributed by atoms with Crippen LogP contribution in [0.3, 0.4) is 0 Å². The van der Waals surface area contributed by atoms with Crippen molar-refractivity contribution in [2.24, 2.45) is 5.10 Å². The zero-order chi connectivity index (χ0) is 19.1. The first kappa shape index (κ1) is 18.4. The maximum absolute atomic E-state index is 11.8. The Kier molecular flexibility index (Phi) is 5.83. The molecule has 2 aromatic carbocycles. The summed E-state index contributed by atoms with van der Waals surface area (Å²) < 4.78 is 5.00. The summed E-state index contributed by atoms with van der Waals surface area (Å²) in [7, 11) is 1.47. The maximum Gasteiger partial charge on any atom is 0.329 e. The van der Waals surface area contributed by atoms with Gasteiger partial charge in [0.1, 0.15) is 5.75 Å². The second-order valence-electron chi connectivity index (χ2n) is 4.89. The summed E-state index contributed by atoms with van der Waals surface area (Å²) in [6.07, 6.45) is 1.10. The van der Waals surface area contributed by atoms with Crippen LogP contribution >= 0.6 is 0 Å². The molecule has 0 bridgehead atoms. The van der Waals surface area contributed by atoms with Gasteiger partial charge in [0.2, 0.25) is 0 Å². The Morgan fingerprint density at radius 3 is 2.69 bits per heavy atom. The van der Waals surface area contributed by atoms with Gasteiger partial charge in [0.05, 0.1) is 18.2 Å². The van der Waals surface area contributed by atoms with E-state index in [9.17, 15) is 24.8 Å². The standard InChI is InChI=1S/C16H14N4O6/c1-26-12-4-2-3-11(8-12)18-15(22)16(23)19-17-9-10-5-6-14(21)13(7-10)20(24)25/h2-9,21H,1H3,(H,18,22)(H,19,23)/b17-9-. The molecule has 2 amide bonds. The highest BCUT2D eigenvalue weighted by atomic mass is 16.6. The number of methoxy groups -OCH3 is 1. The van der Waals surface area contributed by atoms with Gasteiger partial charge in [-0.15, -0.1) is 0 Å². The Morgan fingerprint density at radius 1 is 1.23 bits per heavy atom. The molecule has 0 aliphatic rings. The summed E-state index contributed by atoms with van der Waals surface area (Å²) in [6.45, 7) is 0. The van der Waals surface area contributed by atoms with Crippen molar-refractivity contribution >= 4 is 29.4 Å². The molecule has 0 saturated heterocycles. The normalized spacial score (nSPS) is 10.3. The number of nitrogens with zero attached hydrogens (tertiary/aromatic N) is 2. The van der Waals surface area contributed by atoms with E-state index < -0.39 is 28.2 Å². The number of carbonyl (C=O) groups excluding carboxylic acids is 2. The van der Waals surface area contributed by atoms with Gasteiger partial charge in [0, 0.05) is 23.4 Å². The van der Waals surface area contributed by atoms with Gasteiger partial charge in [-0.1, -0.05) is 6.07 Å². The molecule has 10 nitrogen and oxygen atoms in total. The molecule has 0 spiro atoms. The average molecular weight is 358 g/mol. The number of hydrogen-bond acceptors (Lipinski definition) is 7. The second-order valence-corrected chi connectivity index (χ2v) is 4.89. The molecule has 2 rings (SSSR count). The predicted molar refractivity (Wildman–Crippen MR) is 92.1 cm³/mol. The molecule has 0 saturated carbocycles. The van der Waals surface area contributed by atoms with Crippen molar-refractivity contribution in [2.75, 3.05) is 12.4 Å². The van der Waals surface area contributed by atoms with Gasteiger partial charge in [-0.2, -0.15) is 5.10 Å². The topological polar surface area (TPSA) is 143 Å². The Morgan fingerprint density at radius 2 is 2.00 bits per heavy atom. The van der Waals surface area contributed by atoms with Crippen LogP contribution in [-0.4, -0.2) is 35.2 Å². The van der Waals surface area contributed by atoms with Crippen molar-refractivity contribution in [2.45, 2.75) is 0 Å². The highest BCUT2D eigenvalue weighted by Gasteiger charge is 2.14. The molecule has 0 heterocycles. The van der Waals surface area contributed by atoms with Crippen molar-refractivity contribution < 1.29 is 24.4 Å². The number of carbonyl (C=O) groups is 2. The molecule has 2 aromatic rings. The number of amides is 2. The van der Waals surface area contributed by atoms with Crippen molar-refractivity contribution in [1.82, 2.24) is 5.43 Å². The summed E-state index contributed by atoms with van der Waals surface area (Å²) >= 11 is 0. The van der Waals surface area contributed by atoms with Gasteiger partial charge < -0.3 is 15.2 Å². The van der Waals surface area contributed by atoms with Crippen molar-refractivity contribution in [3.8, 4) is 11.5 Å². The van der Waals surface area contributed by atoms with E-state index in [1.165, 1.54) is 19.2 Å². The maximum atomic E-state index is 11.8. The summed E-state index contributed by atoms with van der Waals surface area (Å²) in [6, 6.07) is 9.97. The van der Waals surface area contributed by atoms with Crippen LogP contribution < -0.4 is 15.5 Å². The zero-order valence-corrected chi connectivity index (χ0v) is 13.5. The van der Waals surface area contributed by atoms with Crippen molar-refractivity contribution in [3.05, 3.63) is 58.1 Å². The summed E-state index contributed by atoms with van der Waals surface area (Å²) in [5.74, 6) is -1.96. The first-order valence-electron chi connectivity index (χ1n) is 7.16. The SMILES string of the molecule is COc1cccc(NC(=O)C(=O)N/N=C\c2ccc(O)c([N+](=O)[O-])c2)c1. The number of nitro benzene ring substituents is 1. The highest BCUT2D eigenvalue weighted by Crippen LogP contribution is 2.25. The Labute approximate surface area is 147 Å². The van der Waals surface area contributed by atoms with E-state index >= 15 is 0 Å². The fraction of sp³-hybridized carbons (Fsp3) is 0.0625. The van der Waals surface area contributed by atoms with Crippen LogP contribution in [0.1, 0.15) is 5.56 Å². The molecular formula is C16H14N4O6. The number of nitro groups is 1. The molecule has 0 radical (unpaired) electrons. The third-order valence-corrected chi connectivity index (χ3v) is 3.11. The highest BCUT2D eigenvalue weighted by molar-refractivity contribution is 6.39. The predicted octanol–water partition coefficient (Wildman–Crippen LogP) is 1.40. The van der Waals surface area contributed by atoms with E-state index in [1.54, 1.807) is 18.2 Å². The number of ether oxygens (including phenoxy) is 1. The molecule has 10 heteroatoms. The van der Waals surface area contributed by atoms with E-state index in [0.717, 1.165) is 18.3 Å². The summed E-state index contributed by atoms with van der Waals surface area (Å²) in [5.41, 5.74) is 2.11. The number of rotatable bonds is 5. The van der Waals surface area contributed by atoms with Gasteiger partial charge in [0.25, 0.3) is 0 Å². The quantitative estimate of drug-likeness (QED) is 0.319. The lowest BCUT2D eigenvalue weighted by Gasteiger charge is -2.05. The number of benzene rings is 2. The Hall–Kier alpha value is -3.95. The molecule has 0 unspecified atom stereocenters. The number of phenolic OH excluding ortho intramolecular Hbond substituents is 1. The van der Waals surface area contributed by atoms with Crippen LogP contribution in [0.15, 0.2) is 47.6 Å². The van der Waals surface area contributed by atoms with Gasteiger partial charge in [-0.3, -0.25) is 19.7 Å². The van der Waals surface area contributed by atoms with E-state index in [1.807, 2.05) is 5.43 Å². The Bertz CT molecular complexity index is 881. The second kappa shape index (κ2) is 8.24. The number of anilines is 1. The van der Waals surface area contributed by atoms with Gasteiger partial charge in [0.15, 0.2) is 5.75 Å². The molecular weight excluding hydrogens is 344 g/mol. The average Bonchev–Trinajstić information content (AvgIpc) is 2.62. The number of aromatic hydroxyl groups is 1. The van der Waals surface area contributed by atoms with Gasteiger partial charge >= 0.3 is 17.5 Å². The lowest BCUT2D eigenvalue weighted by Crippen LogP contribution is -2.32. The molecule has 0 aliphatic heterocycles. The van der Waals surface area contributed by atoms with E-state index in [2.05, 4.69) is 10.4 Å². The van der Waals surface area contributed by atoms with Crippen molar-refractivity contribution in [3.63, 3.8) is 0 Å². The van der Waals surface area contributed by atoms with Crippen LogP contribution in [0.2, 0.25) is 0 Å². The number of nitrogens with one attached hydrogen (secondary N) is 2. The summed E-state index contributed by atoms with van der Waals surface area (Å²) in [5, 5.41) is 26.0. The minimum atomic E-state index is -1.03. The minimum Gasteiger partial charge on any atom is -0.502 e. The fourth-order valence-electron chi connectivity index (χ4n) is 1.87. The van der Waals surface area contributed by atoms with Gasteiger partial charge in [-0.05, 0) is 24.3 Å². The molecule has 0 fully saturated rings. The van der Waals surface area contributed by atoms with Crippen LogP contribution in [0.4, 0.5) is 11.4 Å². The largest absolute Gasteiger partial charge is 0.502 e. The number of hydrogen-bond donors (Lipinski definition) is 3. The molecule has 0 atom stereocenters. The third-order valence-electron chi connectivity index (χ3n) is 3.11. The zero-order valence-electron chi connectivity index (χ0n) is 13.5. The molecule has 26 heavy (non-hydrogen) atoms. The number of hydrazone groups is 1.